The van der Waals surface area contributed by atoms with Crippen LogP contribution in [0, 0.1) is 0 Å². The van der Waals surface area contributed by atoms with Gasteiger partial charge in [0.1, 0.15) is 25.3 Å². The third-order valence-corrected chi connectivity index (χ3v) is 10.3. The van der Waals surface area contributed by atoms with Gasteiger partial charge in [-0.3, -0.25) is 24.1 Å². The van der Waals surface area contributed by atoms with Gasteiger partial charge in [0, 0.05) is 30.2 Å². The van der Waals surface area contributed by atoms with Crippen LogP contribution < -0.4 is 15.4 Å². The van der Waals surface area contributed by atoms with Crippen LogP contribution >= 0.6 is 0 Å². The molecule has 2 aliphatic heterocycles. The molecule has 2 fully saturated rings. The molecule has 2 saturated heterocycles. The van der Waals surface area contributed by atoms with Crippen LogP contribution in [0.3, 0.4) is 0 Å². The number of hydrogen-bond donors (Lipinski definition) is 3. The number of nitrogens with one attached hydrogen (secondary N) is 3. The highest BCUT2D eigenvalue weighted by molar-refractivity contribution is 7.91. The summed E-state index contributed by atoms with van der Waals surface area (Å²) < 4.78 is 39.4. The predicted octanol–water partition coefficient (Wildman–Crippen LogP) is 6.11. The second-order valence-corrected chi connectivity index (χ2v) is 14.6. The fourth-order valence-corrected chi connectivity index (χ4v) is 7.51. The van der Waals surface area contributed by atoms with Crippen molar-refractivity contribution in [2.45, 2.75) is 56.7 Å². The van der Waals surface area contributed by atoms with E-state index < -0.39 is 34.3 Å². The molecule has 3 N–H and O–H groups in total. The van der Waals surface area contributed by atoms with Crippen molar-refractivity contribution in [3.05, 3.63) is 126 Å². The number of nitrogens with zero attached hydrogens (tertiary/aromatic N) is 2. The zero-order valence-corrected chi connectivity index (χ0v) is 29.8. The Morgan fingerprint density at radius 1 is 0.566 bits per heavy atom. The van der Waals surface area contributed by atoms with Crippen LogP contribution in [0.25, 0.3) is 0 Å². The molecule has 6 rings (SSSR count). The summed E-state index contributed by atoms with van der Waals surface area (Å²) in [5, 5.41) is 5.63. The summed E-state index contributed by atoms with van der Waals surface area (Å²) in [6.45, 7) is 1.06. The van der Waals surface area contributed by atoms with Gasteiger partial charge in [0.25, 0.3) is 0 Å². The molecule has 2 heterocycles. The highest BCUT2D eigenvalue weighted by Crippen LogP contribution is 2.24. The van der Waals surface area contributed by atoms with Crippen molar-refractivity contribution in [1.82, 2.24) is 9.80 Å². The van der Waals surface area contributed by atoms with Gasteiger partial charge >= 0.3 is 12.2 Å². The SMILES string of the molecule is O=C(Nc1ccc(CS(=O)(=O)Nc2ccc(NC(=O)[C@@H]3CCCN3C(=O)OCc3ccccc3)cc2)cc1)[C@@H]1CCCN1C(=O)OCc1ccccc1. The van der Waals surface area contributed by atoms with Crippen LogP contribution in [0.1, 0.15) is 42.4 Å². The van der Waals surface area contributed by atoms with Gasteiger partial charge in [-0.25, -0.2) is 18.0 Å². The molecule has 0 bridgehead atoms. The molecular weight excluding hydrogens is 699 g/mol. The molecule has 0 unspecified atom stereocenters. The molecule has 0 aliphatic carbocycles. The number of sulfonamides is 1. The Labute approximate surface area is 308 Å². The molecule has 53 heavy (non-hydrogen) atoms. The molecule has 2 atom stereocenters. The molecule has 4 aromatic carbocycles. The number of carbonyl (C=O) groups excluding carboxylic acids is 4. The summed E-state index contributed by atoms with van der Waals surface area (Å²) in [5.41, 5.74) is 3.42. The topological polar surface area (TPSA) is 163 Å². The Balaban J connectivity index is 0.958. The predicted molar refractivity (Wildman–Crippen MR) is 199 cm³/mol. The Morgan fingerprint density at radius 3 is 1.43 bits per heavy atom. The standard InChI is InChI=1S/C39H41N5O8S/c45-36(34-13-7-23-43(34)38(47)51-25-28-9-3-1-4-10-28)40-31-17-15-30(16-18-31)27-53(49,50)42-33-21-19-32(20-22-33)41-37(46)35-14-8-24-44(35)39(48)52-26-29-11-5-2-6-12-29/h1-6,9-12,15-22,34-35,42H,7-8,13-14,23-27H2,(H,40,45)(H,41,46)/t34-,35-/m0/s1. The van der Waals surface area contributed by atoms with Crippen LogP contribution in [-0.4, -0.2) is 67.4 Å². The van der Waals surface area contributed by atoms with E-state index in [1.807, 2.05) is 60.7 Å². The number of rotatable bonds is 12. The van der Waals surface area contributed by atoms with Crippen molar-refractivity contribution in [2.24, 2.45) is 0 Å². The van der Waals surface area contributed by atoms with E-state index in [0.29, 0.717) is 61.4 Å². The van der Waals surface area contributed by atoms with Crippen molar-refractivity contribution >= 4 is 51.1 Å². The largest absolute Gasteiger partial charge is 0.445 e. The van der Waals surface area contributed by atoms with E-state index in [0.717, 1.165) is 11.1 Å². The summed E-state index contributed by atoms with van der Waals surface area (Å²) in [7, 11) is -3.81. The Kier molecular flexibility index (Phi) is 11.9. The fraction of sp³-hybridized carbons (Fsp3) is 0.282. The quantitative estimate of drug-likeness (QED) is 0.157. The van der Waals surface area contributed by atoms with Crippen molar-refractivity contribution in [3.63, 3.8) is 0 Å². The fourth-order valence-electron chi connectivity index (χ4n) is 6.31. The number of amides is 4. The maximum Gasteiger partial charge on any atom is 0.410 e. The van der Waals surface area contributed by atoms with Gasteiger partial charge in [-0.2, -0.15) is 0 Å². The van der Waals surface area contributed by atoms with Crippen LogP contribution in [0.15, 0.2) is 109 Å². The first kappa shape index (κ1) is 36.9. The smallest absolute Gasteiger partial charge is 0.410 e. The van der Waals surface area contributed by atoms with E-state index in [1.165, 1.54) is 21.9 Å². The number of carbonyl (C=O) groups is 4. The normalized spacial score (nSPS) is 16.8. The molecule has 0 spiro atoms. The van der Waals surface area contributed by atoms with Crippen molar-refractivity contribution in [3.8, 4) is 0 Å². The van der Waals surface area contributed by atoms with Gasteiger partial charge in [-0.1, -0.05) is 72.8 Å². The van der Waals surface area contributed by atoms with Gasteiger partial charge in [0.05, 0.1) is 5.75 Å². The Hall–Kier alpha value is -5.89. The van der Waals surface area contributed by atoms with E-state index in [1.54, 1.807) is 36.4 Å². The minimum atomic E-state index is -3.81. The van der Waals surface area contributed by atoms with Gasteiger partial charge in [-0.05, 0) is 78.8 Å². The maximum absolute atomic E-state index is 13.1. The van der Waals surface area contributed by atoms with Crippen LogP contribution in [0.2, 0.25) is 0 Å². The van der Waals surface area contributed by atoms with Gasteiger partial charge < -0.3 is 20.1 Å². The summed E-state index contributed by atoms with van der Waals surface area (Å²) >= 11 is 0. The minimum absolute atomic E-state index is 0.113. The monoisotopic (exact) mass is 739 g/mol. The van der Waals surface area contributed by atoms with Crippen LogP contribution in [-0.2, 0) is 48.1 Å². The molecule has 0 radical (unpaired) electrons. The van der Waals surface area contributed by atoms with Gasteiger partial charge in [0.2, 0.25) is 21.8 Å². The van der Waals surface area contributed by atoms with E-state index in [-0.39, 0.29) is 30.8 Å². The third-order valence-electron chi connectivity index (χ3n) is 8.99. The molecule has 0 aromatic heterocycles. The summed E-state index contributed by atoms with van der Waals surface area (Å²) in [6, 6.07) is 29.9. The highest BCUT2D eigenvalue weighted by Gasteiger charge is 2.36. The molecule has 4 aromatic rings. The minimum Gasteiger partial charge on any atom is -0.445 e. The lowest BCUT2D eigenvalue weighted by molar-refractivity contribution is -0.120. The Bertz CT molecular complexity index is 1860. The Morgan fingerprint density at radius 2 is 0.981 bits per heavy atom. The van der Waals surface area contributed by atoms with Crippen LogP contribution in [0.5, 0.6) is 0 Å². The van der Waals surface area contributed by atoms with Gasteiger partial charge in [0.15, 0.2) is 0 Å². The molecule has 14 heteroatoms. The number of ether oxygens (including phenoxy) is 2. The first-order valence-corrected chi connectivity index (χ1v) is 19.0. The number of benzene rings is 4. The average molecular weight is 740 g/mol. The molecule has 0 saturated carbocycles. The summed E-state index contributed by atoms with van der Waals surface area (Å²) in [6.07, 6.45) is 1.25. The van der Waals surface area contributed by atoms with Crippen molar-refractivity contribution in [1.29, 1.82) is 0 Å². The molecule has 13 nitrogen and oxygen atoms in total. The molecule has 2 aliphatic rings. The first-order chi connectivity index (χ1) is 25.6. The lowest BCUT2D eigenvalue weighted by Gasteiger charge is -2.23. The number of anilines is 3. The van der Waals surface area contributed by atoms with E-state index in [9.17, 15) is 27.6 Å². The van der Waals surface area contributed by atoms with Crippen LogP contribution in [0.4, 0.5) is 26.7 Å². The van der Waals surface area contributed by atoms with Gasteiger partial charge in [-0.15, -0.1) is 0 Å². The van der Waals surface area contributed by atoms with Crippen molar-refractivity contribution < 1.29 is 37.1 Å². The van der Waals surface area contributed by atoms with Crippen molar-refractivity contribution in [2.75, 3.05) is 28.4 Å². The first-order valence-electron chi connectivity index (χ1n) is 17.4. The van der Waals surface area contributed by atoms with E-state index in [2.05, 4.69) is 15.4 Å². The zero-order valence-electron chi connectivity index (χ0n) is 29.0. The number of hydrogen-bond acceptors (Lipinski definition) is 8. The average Bonchev–Trinajstić information content (AvgIpc) is 3.87. The molecule has 276 valence electrons. The highest BCUT2D eigenvalue weighted by atomic mass is 32.2. The number of likely N-dealkylation sites (tertiary alicyclic amines) is 2. The molecule has 4 amide bonds. The summed E-state index contributed by atoms with van der Waals surface area (Å²) in [4.78, 5) is 54.4. The maximum atomic E-state index is 13.1. The van der Waals surface area contributed by atoms with E-state index in [4.69, 9.17) is 9.47 Å². The zero-order chi connectivity index (χ0) is 37.2. The molecular formula is C39H41N5O8S. The summed E-state index contributed by atoms with van der Waals surface area (Å²) in [5.74, 6) is -1.02. The van der Waals surface area contributed by atoms with E-state index >= 15 is 0 Å². The lowest BCUT2D eigenvalue weighted by atomic mass is 10.2. The second kappa shape index (κ2) is 17.1. The second-order valence-electron chi connectivity index (χ2n) is 12.9. The third kappa shape index (κ3) is 10.1. The lowest BCUT2D eigenvalue weighted by Crippen LogP contribution is -2.43.